The average molecular weight is 218 g/mol. The van der Waals surface area contributed by atoms with E-state index in [1.54, 1.807) is 12.5 Å². The van der Waals surface area contributed by atoms with E-state index in [4.69, 9.17) is 4.74 Å². The molecule has 0 amide bonds. The number of hydrogen-bond acceptors (Lipinski definition) is 4. The Labute approximate surface area is 93.5 Å². The van der Waals surface area contributed by atoms with Gasteiger partial charge in [0, 0.05) is 6.61 Å². The van der Waals surface area contributed by atoms with Gasteiger partial charge in [-0.25, -0.2) is 15.0 Å². The molecule has 3 rings (SSSR count). The van der Waals surface area contributed by atoms with Gasteiger partial charge in [-0.1, -0.05) is 0 Å². The fourth-order valence-electron chi connectivity index (χ4n) is 2.20. The topological polar surface area (TPSA) is 52.8 Å². The monoisotopic (exact) mass is 218 g/mol. The minimum Gasteiger partial charge on any atom is -0.376 e. The van der Waals surface area contributed by atoms with Crippen molar-refractivity contribution in [3.63, 3.8) is 0 Å². The van der Waals surface area contributed by atoms with Gasteiger partial charge in [0.15, 0.2) is 5.65 Å². The number of aryl methyl sites for hydroxylation is 1. The zero-order valence-electron chi connectivity index (χ0n) is 9.26. The lowest BCUT2D eigenvalue weighted by atomic mass is 10.2. The molecule has 1 aliphatic rings. The SMILES string of the molecule is Cc1nc2cncnc2n1C[C@@H]1CCCO1. The van der Waals surface area contributed by atoms with E-state index in [0.29, 0.717) is 6.10 Å². The van der Waals surface area contributed by atoms with Gasteiger partial charge in [-0.15, -0.1) is 0 Å². The lowest BCUT2D eigenvalue weighted by Crippen LogP contribution is -2.16. The first kappa shape index (κ1) is 9.72. The van der Waals surface area contributed by atoms with Gasteiger partial charge in [-0.3, -0.25) is 0 Å². The predicted octanol–water partition coefficient (Wildman–Crippen LogP) is 1.31. The fraction of sp³-hybridized carbons (Fsp3) is 0.545. The molecule has 0 aliphatic carbocycles. The lowest BCUT2D eigenvalue weighted by molar-refractivity contribution is 0.0973. The highest BCUT2D eigenvalue weighted by Crippen LogP contribution is 2.18. The summed E-state index contributed by atoms with van der Waals surface area (Å²) in [7, 11) is 0. The molecular formula is C11H14N4O. The summed E-state index contributed by atoms with van der Waals surface area (Å²) >= 11 is 0. The lowest BCUT2D eigenvalue weighted by Gasteiger charge is -2.11. The maximum Gasteiger partial charge on any atom is 0.163 e. The Morgan fingerprint density at radius 1 is 1.56 bits per heavy atom. The second-order valence-corrected chi connectivity index (χ2v) is 4.14. The molecule has 0 spiro atoms. The van der Waals surface area contributed by atoms with Crippen molar-refractivity contribution in [1.82, 2.24) is 19.5 Å². The number of nitrogens with zero attached hydrogens (tertiary/aromatic N) is 4. The van der Waals surface area contributed by atoms with Crippen molar-refractivity contribution >= 4 is 11.2 Å². The molecule has 3 heterocycles. The Balaban J connectivity index is 1.98. The van der Waals surface area contributed by atoms with Gasteiger partial charge in [0.05, 0.1) is 18.8 Å². The number of imidazole rings is 1. The Kier molecular flexibility index (Phi) is 2.32. The van der Waals surface area contributed by atoms with E-state index in [1.807, 2.05) is 6.92 Å². The van der Waals surface area contributed by atoms with E-state index in [-0.39, 0.29) is 0 Å². The summed E-state index contributed by atoms with van der Waals surface area (Å²) < 4.78 is 7.76. The third kappa shape index (κ3) is 1.57. The molecule has 0 bridgehead atoms. The first-order chi connectivity index (χ1) is 7.84. The number of rotatable bonds is 2. The molecule has 0 unspecified atom stereocenters. The molecule has 84 valence electrons. The summed E-state index contributed by atoms with van der Waals surface area (Å²) in [5, 5.41) is 0. The Morgan fingerprint density at radius 3 is 3.31 bits per heavy atom. The molecule has 1 saturated heterocycles. The van der Waals surface area contributed by atoms with Gasteiger partial charge in [0.1, 0.15) is 17.7 Å². The van der Waals surface area contributed by atoms with Crippen molar-refractivity contribution in [3.8, 4) is 0 Å². The van der Waals surface area contributed by atoms with Crippen LogP contribution in [-0.2, 0) is 11.3 Å². The molecule has 1 atom stereocenters. The van der Waals surface area contributed by atoms with Gasteiger partial charge in [-0.05, 0) is 19.8 Å². The van der Waals surface area contributed by atoms with Crippen LogP contribution in [0.3, 0.4) is 0 Å². The van der Waals surface area contributed by atoms with Crippen LogP contribution in [-0.4, -0.2) is 32.2 Å². The van der Waals surface area contributed by atoms with Gasteiger partial charge in [0.2, 0.25) is 0 Å². The molecule has 0 saturated carbocycles. The van der Waals surface area contributed by atoms with E-state index in [9.17, 15) is 0 Å². The molecule has 0 aromatic carbocycles. The van der Waals surface area contributed by atoms with E-state index < -0.39 is 0 Å². The first-order valence-corrected chi connectivity index (χ1v) is 5.59. The zero-order valence-corrected chi connectivity index (χ0v) is 9.26. The van der Waals surface area contributed by atoms with Gasteiger partial charge in [-0.2, -0.15) is 0 Å². The molecule has 0 N–H and O–H groups in total. The Morgan fingerprint density at radius 2 is 2.50 bits per heavy atom. The molecule has 5 heteroatoms. The summed E-state index contributed by atoms with van der Waals surface area (Å²) in [6, 6.07) is 0. The van der Waals surface area contributed by atoms with Crippen molar-refractivity contribution in [2.24, 2.45) is 0 Å². The van der Waals surface area contributed by atoms with Crippen LogP contribution in [0.5, 0.6) is 0 Å². The van der Waals surface area contributed by atoms with Gasteiger partial charge in [0.25, 0.3) is 0 Å². The molecule has 1 fully saturated rings. The van der Waals surface area contributed by atoms with Crippen LogP contribution in [0, 0.1) is 6.92 Å². The van der Waals surface area contributed by atoms with E-state index in [1.165, 1.54) is 0 Å². The van der Waals surface area contributed by atoms with Crippen molar-refractivity contribution in [3.05, 3.63) is 18.3 Å². The standard InChI is InChI=1S/C11H14N4O/c1-8-14-10-5-12-7-13-11(10)15(8)6-9-3-2-4-16-9/h5,7,9H,2-4,6H2,1H3/t9-/m0/s1. The fourth-order valence-corrected chi connectivity index (χ4v) is 2.20. The number of hydrogen-bond donors (Lipinski definition) is 0. The van der Waals surface area contributed by atoms with Gasteiger partial charge < -0.3 is 9.30 Å². The third-order valence-corrected chi connectivity index (χ3v) is 3.01. The zero-order chi connectivity index (χ0) is 11.0. The molecule has 1 aliphatic heterocycles. The van der Waals surface area contributed by atoms with Crippen LogP contribution in [0.2, 0.25) is 0 Å². The van der Waals surface area contributed by atoms with Crippen LogP contribution >= 0.6 is 0 Å². The number of ether oxygens (including phenoxy) is 1. The van der Waals surface area contributed by atoms with Crippen molar-refractivity contribution < 1.29 is 4.74 Å². The average Bonchev–Trinajstić information content (AvgIpc) is 2.89. The highest BCUT2D eigenvalue weighted by atomic mass is 16.5. The molecule has 2 aromatic heterocycles. The van der Waals surface area contributed by atoms with Crippen molar-refractivity contribution in [2.45, 2.75) is 32.4 Å². The largest absolute Gasteiger partial charge is 0.376 e. The Hall–Kier alpha value is -1.49. The van der Waals surface area contributed by atoms with Crippen LogP contribution in [0.25, 0.3) is 11.2 Å². The maximum absolute atomic E-state index is 5.64. The van der Waals surface area contributed by atoms with E-state index >= 15 is 0 Å². The summed E-state index contributed by atoms with van der Waals surface area (Å²) in [6.45, 7) is 3.72. The van der Waals surface area contributed by atoms with Crippen LogP contribution in [0.1, 0.15) is 18.7 Å². The molecule has 5 nitrogen and oxygen atoms in total. The highest BCUT2D eigenvalue weighted by Gasteiger charge is 2.18. The normalized spacial score (nSPS) is 20.7. The van der Waals surface area contributed by atoms with Crippen molar-refractivity contribution in [2.75, 3.05) is 6.61 Å². The summed E-state index contributed by atoms with van der Waals surface area (Å²) in [6.07, 6.45) is 5.91. The van der Waals surface area contributed by atoms with Gasteiger partial charge >= 0.3 is 0 Å². The van der Waals surface area contributed by atoms with Crippen LogP contribution < -0.4 is 0 Å². The number of fused-ring (bicyclic) bond motifs is 1. The van der Waals surface area contributed by atoms with E-state index in [0.717, 1.165) is 43.0 Å². The minimum atomic E-state index is 0.311. The molecule has 16 heavy (non-hydrogen) atoms. The second-order valence-electron chi connectivity index (χ2n) is 4.14. The maximum atomic E-state index is 5.64. The molecule has 0 radical (unpaired) electrons. The first-order valence-electron chi connectivity index (χ1n) is 5.59. The molecule has 2 aromatic rings. The van der Waals surface area contributed by atoms with Crippen molar-refractivity contribution in [1.29, 1.82) is 0 Å². The highest BCUT2D eigenvalue weighted by molar-refractivity contribution is 5.69. The summed E-state index contributed by atoms with van der Waals surface area (Å²) in [5.74, 6) is 0.978. The summed E-state index contributed by atoms with van der Waals surface area (Å²) in [4.78, 5) is 12.7. The third-order valence-electron chi connectivity index (χ3n) is 3.01. The van der Waals surface area contributed by atoms with E-state index in [2.05, 4.69) is 19.5 Å². The van der Waals surface area contributed by atoms with Crippen LogP contribution in [0.4, 0.5) is 0 Å². The van der Waals surface area contributed by atoms with Crippen LogP contribution in [0.15, 0.2) is 12.5 Å². The Bertz CT molecular complexity index is 502. The minimum absolute atomic E-state index is 0.311. The number of aromatic nitrogens is 4. The quantitative estimate of drug-likeness (QED) is 0.762. The smallest absolute Gasteiger partial charge is 0.163 e. The predicted molar refractivity (Wildman–Crippen MR) is 59.0 cm³/mol. The summed E-state index contributed by atoms with van der Waals surface area (Å²) in [5.41, 5.74) is 1.76. The second kappa shape index (κ2) is 3.83. The molecular weight excluding hydrogens is 204 g/mol.